The molecule has 0 radical (unpaired) electrons. The number of hydrogen-bond donors (Lipinski definition) is 1. The van der Waals surface area contributed by atoms with Crippen molar-refractivity contribution in [1.82, 2.24) is 0 Å². The number of Topliss-reactive ketones (excluding diaryl/α,β-unsaturated/α-hetero) is 1. The minimum atomic E-state index is -0.771. The molecule has 102 valence electrons. The number of aryl methyl sites for hydroxylation is 3. The van der Waals surface area contributed by atoms with Crippen LogP contribution in [-0.2, 0) is 4.79 Å². The third-order valence-corrected chi connectivity index (χ3v) is 4.08. The zero-order valence-electron chi connectivity index (χ0n) is 11.7. The predicted octanol–water partition coefficient (Wildman–Crippen LogP) is 3.30. The maximum atomic E-state index is 12.6. The Balaban J connectivity index is 2.24. The molecule has 3 nitrogen and oxygen atoms in total. The fraction of sp³-hybridized carbons (Fsp3) is 0.500. The van der Waals surface area contributed by atoms with E-state index in [0.717, 1.165) is 22.3 Å². The van der Waals surface area contributed by atoms with Gasteiger partial charge in [-0.05, 0) is 51.2 Å². The lowest BCUT2D eigenvalue weighted by Crippen LogP contribution is -2.16. The van der Waals surface area contributed by atoms with Crippen LogP contribution in [0.5, 0.6) is 0 Å². The minimum Gasteiger partial charge on any atom is -0.481 e. The fourth-order valence-corrected chi connectivity index (χ4v) is 3.22. The second-order valence-electron chi connectivity index (χ2n) is 5.68. The largest absolute Gasteiger partial charge is 0.481 e. The van der Waals surface area contributed by atoms with Gasteiger partial charge in [-0.25, -0.2) is 0 Å². The van der Waals surface area contributed by atoms with Gasteiger partial charge in [0.2, 0.25) is 0 Å². The lowest BCUT2D eigenvalue weighted by Gasteiger charge is -2.14. The Morgan fingerprint density at radius 3 is 2.05 bits per heavy atom. The van der Waals surface area contributed by atoms with E-state index in [4.69, 9.17) is 5.11 Å². The monoisotopic (exact) mass is 260 g/mol. The number of rotatable bonds is 3. The summed E-state index contributed by atoms with van der Waals surface area (Å²) < 4.78 is 0. The van der Waals surface area contributed by atoms with Gasteiger partial charge >= 0.3 is 5.97 Å². The highest BCUT2D eigenvalue weighted by atomic mass is 16.4. The number of carbonyl (C=O) groups is 2. The maximum Gasteiger partial charge on any atom is 0.306 e. The van der Waals surface area contributed by atoms with Crippen molar-refractivity contribution < 1.29 is 14.7 Å². The van der Waals surface area contributed by atoms with Gasteiger partial charge in [-0.3, -0.25) is 9.59 Å². The van der Waals surface area contributed by atoms with Crippen molar-refractivity contribution in [1.29, 1.82) is 0 Å². The van der Waals surface area contributed by atoms with E-state index in [1.807, 2.05) is 32.9 Å². The number of benzene rings is 1. The van der Waals surface area contributed by atoms with Crippen molar-refractivity contribution in [3.05, 3.63) is 34.4 Å². The highest BCUT2D eigenvalue weighted by Gasteiger charge is 2.34. The van der Waals surface area contributed by atoms with Gasteiger partial charge in [0.05, 0.1) is 5.92 Å². The summed E-state index contributed by atoms with van der Waals surface area (Å²) in [7, 11) is 0. The molecule has 0 aromatic heterocycles. The van der Waals surface area contributed by atoms with Crippen LogP contribution in [0.4, 0.5) is 0 Å². The van der Waals surface area contributed by atoms with Crippen LogP contribution in [0.25, 0.3) is 0 Å². The molecular formula is C16H20O3. The van der Waals surface area contributed by atoms with E-state index in [2.05, 4.69) is 0 Å². The van der Waals surface area contributed by atoms with Crippen LogP contribution in [0.15, 0.2) is 12.1 Å². The zero-order chi connectivity index (χ0) is 14.2. The molecule has 1 aromatic rings. The molecule has 0 aliphatic heterocycles. The molecule has 0 saturated heterocycles. The molecule has 2 unspecified atom stereocenters. The van der Waals surface area contributed by atoms with Crippen molar-refractivity contribution in [3.8, 4) is 0 Å². The summed E-state index contributed by atoms with van der Waals surface area (Å²) in [6.07, 6.45) is 1.80. The Hall–Kier alpha value is -1.64. The first-order valence-electron chi connectivity index (χ1n) is 6.75. The van der Waals surface area contributed by atoms with Crippen LogP contribution in [0.3, 0.4) is 0 Å². The van der Waals surface area contributed by atoms with Crippen LogP contribution in [-0.4, -0.2) is 16.9 Å². The molecule has 19 heavy (non-hydrogen) atoms. The van der Waals surface area contributed by atoms with Gasteiger partial charge in [-0.15, -0.1) is 0 Å². The number of hydrogen-bond acceptors (Lipinski definition) is 2. The van der Waals surface area contributed by atoms with Crippen LogP contribution in [0.2, 0.25) is 0 Å². The fourth-order valence-electron chi connectivity index (χ4n) is 3.22. The molecule has 0 heterocycles. The van der Waals surface area contributed by atoms with Gasteiger partial charge in [0.25, 0.3) is 0 Å². The lowest BCUT2D eigenvalue weighted by atomic mass is 9.89. The van der Waals surface area contributed by atoms with Crippen molar-refractivity contribution in [3.63, 3.8) is 0 Å². The second kappa shape index (κ2) is 5.16. The number of carboxylic acid groups (broad SMARTS) is 1. The maximum absolute atomic E-state index is 12.6. The summed E-state index contributed by atoms with van der Waals surface area (Å²) in [5.41, 5.74) is 3.95. The van der Waals surface area contributed by atoms with Gasteiger partial charge in [0, 0.05) is 11.5 Å². The van der Waals surface area contributed by atoms with Gasteiger partial charge in [-0.1, -0.05) is 17.7 Å². The first-order chi connectivity index (χ1) is 8.90. The van der Waals surface area contributed by atoms with E-state index in [0.29, 0.717) is 19.3 Å². The molecule has 0 spiro atoms. The minimum absolute atomic E-state index is 0.124. The summed E-state index contributed by atoms with van der Waals surface area (Å²) in [6, 6.07) is 4.04. The highest BCUT2D eigenvalue weighted by Crippen LogP contribution is 2.34. The summed E-state index contributed by atoms with van der Waals surface area (Å²) in [5.74, 6) is -1.12. The van der Waals surface area contributed by atoms with E-state index in [9.17, 15) is 9.59 Å². The number of aliphatic carboxylic acids is 1. The molecule has 2 rings (SSSR count). The Labute approximate surface area is 113 Å². The number of carboxylic acids is 1. The molecule has 1 aromatic carbocycles. The van der Waals surface area contributed by atoms with Crippen molar-refractivity contribution >= 4 is 11.8 Å². The van der Waals surface area contributed by atoms with Crippen molar-refractivity contribution in [2.24, 2.45) is 11.8 Å². The molecular weight excluding hydrogens is 240 g/mol. The van der Waals surface area contributed by atoms with E-state index >= 15 is 0 Å². The molecule has 0 bridgehead atoms. The van der Waals surface area contributed by atoms with Gasteiger partial charge < -0.3 is 5.11 Å². The van der Waals surface area contributed by atoms with Crippen LogP contribution >= 0.6 is 0 Å². The topological polar surface area (TPSA) is 54.4 Å². The third-order valence-electron chi connectivity index (χ3n) is 4.08. The molecule has 1 aliphatic carbocycles. The van der Waals surface area contributed by atoms with Crippen LogP contribution in [0, 0.1) is 32.6 Å². The summed E-state index contributed by atoms with van der Waals surface area (Å²) in [4.78, 5) is 23.5. The molecule has 1 fully saturated rings. The Bertz CT molecular complexity index is 508. The molecule has 1 saturated carbocycles. The molecule has 3 heteroatoms. The Morgan fingerprint density at radius 1 is 1.05 bits per heavy atom. The summed E-state index contributed by atoms with van der Waals surface area (Å²) in [5, 5.41) is 9.02. The first kappa shape index (κ1) is 13.8. The molecule has 2 atom stereocenters. The molecule has 0 amide bonds. The van der Waals surface area contributed by atoms with E-state index < -0.39 is 5.97 Å². The Kier molecular flexibility index (Phi) is 3.74. The molecule has 1 N–H and O–H groups in total. The van der Waals surface area contributed by atoms with E-state index in [-0.39, 0.29) is 17.6 Å². The van der Waals surface area contributed by atoms with Crippen LogP contribution in [0.1, 0.15) is 46.3 Å². The predicted molar refractivity (Wildman–Crippen MR) is 73.5 cm³/mol. The van der Waals surface area contributed by atoms with Gasteiger partial charge in [0.15, 0.2) is 5.78 Å². The number of ketones is 1. The summed E-state index contributed by atoms with van der Waals surface area (Å²) >= 11 is 0. The second-order valence-corrected chi connectivity index (χ2v) is 5.68. The average Bonchev–Trinajstić information content (AvgIpc) is 2.76. The van der Waals surface area contributed by atoms with Gasteiger partial charge in [-0.2, -0.15) is 0 Å². The van der Waals surface area contributed by atoms with E-state index in [1.54, 1.807) is 0 Å². The first-order valence-corrected chi connectivity index (χ1v) is 6.75. The van der Waals surface area contributed by atoms with Crippen molar-refractivity contribution in [2.75, 3.05) is 0 Å². The van der Waals surface area contributed by atoms with Gasteiger partial charge in [0.1, 0.15) is 0 Å². The van der Waals surface area contributed by atoms with E-state index in [1.165, 1.54) is 0 Å². The zero-order valence-corrected chi connectivity index (χ0v) is 11.7. The smallest absolute Gasteiger partial charge is 0.306 e. The summed E-state index contributed by atoms with van der Waals surface area (Å²) in [6.45, 7) is 5.93. The quantitative estimate of drug-likeness (QED) is 0.848. The third kappa shape index (κ3) is 2.70. The number of carbonyl (C=O) groups excluding carboxylic acids is 1. The average molecular weight is 260 g/mol. The van der Waals surface area contributed by atoms with Crippen molar-refractivity contribution in [2.45, 2.75) is 40.0 Å². The Morgan fingerprint density at radius 2 is 1.58 bits per heavy atom. The standard InChI is InChI=1S/C16H20O3/c1-9-6-10(2)14(11(3)7-9)15(17)12-4-5-13(8-12)16(18)19/h6-7,12-13H,4-5,8H2,1-3H3,(H,18,19). The SMILES string of the molecule is Cc1cc(C)c(C(=O)C2CCC(C(=O)O)C2)c(C)c1. The normalized spacial score (nSPS) is 22.5. The lowest BCUT2D eigenvalue weighted by molar-refractivity contribution is -0.141. The van der Waals surface area contributed by atoms with Crippen LogP contribution < -0.4 is 0 Å². The molecule has 1 aliphatic rings. The highest BCUT2D eigenvalue weighted by molar-refractivity contribution is 6.01.